The number of ether oxygens (including phenoxy) is 2. The lowest BCUT2D eigenvalue weighted by molar-refractivity contribution is -0.181. The Morgan fingerprint density at radius 3 is 1.29 bits per heavy atom. The van der Waals surface area contributed by atoms with Gasteiger partial charge in [0.05, 0.1) is 12.7 Å². The molecule has 0 aromatic heterocycles. The Morgan fingerprint density at radius 1 is 0.510 bits per heavy atom. The second-order valence-electron chi connectivity index (χ2n) is 16.3. The number of allylic oxidation sites excluding steroid dienone is 4. The van der Waals surface area contributed by atoms with Crippen LogP contribution in [0.5, 0.6) is 0 Å². The normalized spacial score (nSPS) is 18.9. The summed E-state index contributed by atoms with van der Waals surface area (Å²) in [5, 5.41) is 0. The first-order valence-corrected chi connectivity index (χ1v) is 22.5. The van der Waals surface area contributed by atoms with Crippen LogP contribution in [0.3, 0.4) is 0 Å². The van der Waals surface area contributed by atoms with Crippen LogP contribution >= 0.6 is 0 Å². The van der Waals surface area contributed by atoms with Crippen LogP contribution in [0.2, 0.25) is 0 Å². The van der Waals surface area contributed by atoms with Gasteiger partial charge in [-0.2, -0.15) is 0 Å². The topological polar surface area (TPSA) is 21.7 Å². The van der Waals surface area contributed by atoms with Gasteiger partial charge in [-0.3, -0.25) is 0 Å². The Morgan fingerprint density at radius 2 is 0.878 bits per heavy atom. The highest BCUT2D eigenvalue weighted by molar-refractivity contribution is 4.84. The number of hydrogen-bond donors (Lipinski definition) is 0. The maximum Gasteiger partial charge on any atom is 0.168 e. The van der Waals surface area contributed by atoms with Crippen LogP contribution in [0.1, 0.15) is 226 Å². The Balaban J connectivity index is 1.55. The van der Waals surface area contributed by atoms with E-state index in [1.54, 1.807) is 0 Å². The van der Waals surface area contributed by atoms with Crippen LogP contribution in [0.25, 0.3) is 0 Å². The molecule has 3 heteroatoms. The van der Waals surface area contributed by atoms with Gasteiger partial charge in [0.15, 0.2) is 5.79 Å². The van der Waals surface area contributed by atoms with Crippen LogP contribution in [-0.2, 0) is 9.47 Å². The van der Waals surface area contributed by atoms with Crippen molar-refractivity contribution >= 4 is 0 Å². The molecule has 2 rings (SSSR count). The van der Waals surface area contributed by atoms with Crippen molar-refractivity contribution in [3.8, 4) is 0 Å². The minimum absolute atomic E-state index is 0.294. The van der Waals surface area contributed by atoms with E-state index in [0.29, 0.717) is 6.10 Å². The maximum absolute atomic E-state index is 6.88. The molecule has 1 unspecified atom stereocenters. The van der Waals surface area contributed by atoms with E-state index in [0.717, 1.165) is 25.4 Å². The first kappa shape index (κ1) is 44.5. The fourth-order valence-electron chi connectivity index (χ4n) is 8.07. The number of piperidine rings is 1. The van der Waals surface area contributed by atoms with Crippen molar-refractivity contribution in [3.63, 3.8) is 0 Å². The van der Waals surface area contributed by atoms with Crippen LogP contribution in [0, 0.1) is 5.92 Å². The number of nitrogens with zero attached hydrogens (tertiary/aromatic N) is 1. The van der Waals surface area contributed by atoms with Gasteiger partial charge in [-0.15, -0.1) is 0 Å². The van der Waals surface area contributed by atoms with E-state index < -0.39 is 0 Å². The van der Waals surface area contributed by atoms with Gasteiger partial charge >= 0.3 is 0 Å². The molecule has 2 saturated heterocycles. The molecule has 2 fully saturated rings. The highest BCUT2D eigenvalue weighted by Crippen LogP contribution is 2.37. The van der Waals surface area contributed by atoms with E-state index in [1.165, 1.54) is 212 Å². The summed E-state index contributed by atoms with van der Waals surface area (Å²) in [5.74, 6) is 0.522. The van der Waals surface area contributed by atoms with E-state index in [-0.39, 0.29) is 5.79 Å². The van der Waals surface area contributed by atoms with Crippen molar-refractivity contribution < 1.29 is 9.47 Å². The van der Waals surface area contributed by atoms with E-state index in [9.17, 15) is 0 Å². The molecule has 0 bridgehead atoms. The SMILES string of the molecule is CCCCCCCC/C=C\CCCCCCCCC1(CCCCCCCC/C=C\CCCCCCCC)OCC(CC2CCN(C)CC2)O1. The van der Waals surface area contributed by atoms with Gasteiger partial charge in [-0.1, -0.05) is 154 Å². The van der Waals surface area contributed by atoms with Crippen LogP contribution in [-0.4, -0.2) is 43.5 Å². The summed E-state index contributed by atoms with van der Waals surface area (Å²) in [5.41, 5.74) is 0. The van der Waals surface area contributed by atoms with Crippen LogP contribution < -0.4 is 0 Å². The van der Waals surface area contributed by atoms with Crippen molar-refractivity contribution in [2.45, 2.75) is 238 Å². The molecule has 0 aliphatic carbocycles. The molecule has 0 spiro atoms. The molecule has 0 aromatic rings. The van der Waals surface area contributed by atoms with Gasteiger partial charge in [0, 0.05) is 12.8 Å². The standard InChI is InChI=1S/C46H87NO2/c1-4-6-8-10-12-14-16-18-20-22-24-26-28-30-32-34-38-46(48-43-45(49-46)42-44-36-40-47(3)41-37-44)39-35-33-31-29-27-25-23-21-19-17-15-13-11-9-7-5-2/h18-21,44-45H,4-17,22-43H2,1-3H3/b20-18-,21-19-. The Kier molecular flexibility index (Phi) is 29.1. The number of rotatable bonds is 34. The smallest absolute Gasteiger partial charge is 0.168 e. The van der Waals surface area contributed by atoms with Gasteiger partial charge in [-0.25, -0.2) is 0 Å². The van der Waals surface area contributed by atoms with Gasteiger partial charge in [0.2, 0.25) is 0 Å². The molecule has 0 N–H and O–H groups in total. The Bertz CT molecular complexity index is 712. The largest absolute Gasteiger partial charge is 0.347 e. The molecular weight excluding hydrogens is 599 g/mol. The molecule has 2 aliphatic heterocycles. The molecule has 0 amide bonds. The number of hydrogen-bond acceptors (Lipinski definition) is 3. The maximum atomic E-state index is 6.88. The third-order valence-electron chi connectivity index (χ3n) is 11.5. The zero-order valence-corrected chi connectivity index (χ0v) is 33.7. The first-order chi connectivity index (χ1) is 24.2. The summed E-state index contributed by atoms with van der Waals surface area (Å²) < 4.78 is 13.5. The van der Waals surface area contributed by atoms with E-state index in [4.69, 9.17) is 9.47 Å². The lowest BCUT2D eigenvalue weighted by Crippen LogP contribution is -2.33. The van der Waals surface area contributed by atoms with E-state index in [1.807, 2.05) is 0 Å². The number of unbranched alkanes of at least 4 members (excludes halogenated alkanes) is 24. The summed E-state index contributed by atoms with van der Waals surface area (Å²) in [7, 11) is 2.26. The van der Waals surface area contributed by atoms with Crippen molar-refractivity contribution in [2.75, 3.05) is 26.7 Å². The molecule has 0 aromatic carbocycles. The fraction of sp³-hybridized carbons (Fsp3) is 0.913. The molecule has 0 saturated carbocycles. The molecule has 0 radical (unpaired) electrons. The second kappa shape index (κ2) is 32.0. The second-order valence-corrected chi connectivity index (χ2v) is 16.3. The fourth-order valence-corrected chi connectivity index (χ4v) is 8.07. The van der Waals surface area contributed by atoms with Crippen molar-refractivity contribution in [1.29, 1.82) is 0 Å². The lowest BCUT2D eigenvalue weighted by Gasteiger charge is -2.31. The summed E-state index contributed by atoms with van der Waals surface area (Å²) in [6.07, 6.45) is 54.2. The monoisotopic (exact) mass is 686 g/mol. The summed E-state index contributed by atoms with van der Waals surface area (Å²) in [6, 6.07) is 0. The van der Waals surface area contributed by atoms with Gasteiger partial charge < -0.3 is 14.4 Å². The number of likely N-dealkylation sites (tertiary alicyclic amines) is 1. The van der Waals surface area contributed by atoms with Crippen molar-refractivity contribution in [1.82, 2.24) is 4.90 Å². The molecule has 2 heterocycles. The average molecular weight is 686 g/mol. The average Bonchev–Trinajstić information content (AvgIpc) is 3.51. The minimum Gasteiger partial charge on any atom is -0.347 e. The van der Waals surface area contributed by atoms with Gasteiger partial charge in [0.1, 0.15) is 0 Å². The van der Waals surface area contributed by atoms with Crippen molar-refractivity contribution in [3.05, 3.63) is 24.3 Å². The van der Waals surface area contributed by atoms with Gasteiger partial charge in [-0.05, 0) is 110 Å². The molecule has 2 aliphatic rings. The first-order valence-electron chi connectivity index (χ1n) is 22.5. The van der Waals surface area contributed by atoms with Crippen molar-refractivity contribution in [2.24, 2.45) is 5.92 Å². The molecule has 288 valence electrons. The quantitative estimate of drug-likeness (QED) is 0.0497. The summed E-state index contributed by atoms with van der Waals surface area (Å²) in [4.78, 5) is 2.48. The minimum atomic E-state index is -0.294. The summed E-state index contributed by atoms with van der Waals surface area (Å²) in [6.45, 7) is 7.91. The van der Waals surface area contributed by atoms with E-state index >= 15 is 0 Å². The highest BCUT2D eigenvalue weighted by Gasteiger charge is 2.41. The van der Waals surface area contributed by atoms with E-state index in [2.05, 4.69) is 50.1 Å². The lowest BCUT2D eigenvalue weighted by atomic mass is 9.91. The molecule has 1 atom stereocenters. The zero-order chi connectivity index (χ0) is 34.9. The molecular formula is C46H87NO2. The summed E-state index contributed by atoms with van der Waals surface area (Å²) >= 11 is 0. The Labute approximate surface area is 308 Å². The predicted molar refractivity (Wildman–Crippen MR) is 217 cm³/mol. The van der Waals surface area contributed by atoms with Gasteiger partial charge in [0.25, 0.3) is 0 Å². The predicted octanol–water partition coefficient (Wildman–Crippen LogP) is 14.7. The van der Waals surface area contributed by atoms with Crippen LogP contribution in [0.15, 0.2) is 24.3 Å². The zero-order valence-electron chi connectivity index (χ0n) is 33.7. The third kappa shape index (κ3) is 25.1. The Hall–Kier alpha value is -0.640. The van der Waals surface area contributed by atoms with Crippen LogP contribution in [0.4, 0.5) is 0 Å². The highest BCUT2D eigenvalue weighted by atomic mass is 16.7. The third-order valence-corrected chi connectivity index (χ3v) is 11.5. The molecule has 3 nitrogen and oxygen atoms in total. The molecule has 49 heavy (non-hydrogen) atoms.